The molecule has 0 unspecified atom stereocenters. The average molecular weight is 703 g/mol. The maximum atomic E-state index is 9.20. The number of nitrogens with zero attached hydrogens (tertiary/aromatic N) is 7. The monoisotopic (exact) mass is 703 g/mol. The summed E-state index contributed by atoms with van der Waals surface area (Å²) < 4.78 is 13.2. The van der Waals surface area contributed by atoms with Crippen LogP contribution in [0.25, 0.3) is 44.5 Å². The van der Waals surface area contributed by atoms with Gasteiger partial charge in [-0.05, 0) is 55.8 Å². The van der Waals surface area contributed by atoms with Crippen LogP contribution in [0.4, 0.5) is 0 Å². The molecule has 47 heavy (non-hydrogen) atoms. The van der Waals surface area contributed by atoms with E-state index in [1.807, 2.05) is 18.2 Å². The molecule has 0 aliphatic heterocycles. The Labute approximate surface area is 287 Å². The van der Waals surface area contributed by atoms with Crippen molar-refractivity contribution in [3.63, 3.8) is 0 Å². The molecule has 0 aliphatic rings. The van der Waals surface area contributed by atoms with Gasteiger partial charge in [-0.2, -0.15) is 31.1 Å². The number of aryl methyl sites for hydroxylation is 4. The minimum atomic E-state index is 0. The summed E-state index contributed by atoms with van der Waals surface area (Å²) in [6, 6.07) is 42.5. The number of hydrogen-bond donors (Lipinski definition) is 0. The third-order valence-electron chi connectivity index (χ3n) is 8.56. The zero-order valence-electron chi connectivity index (χ0n) is 26.8. The van der Waals surface area contributed by atoms with E-state index < -0.39 is 0 Å². The van der Waals surface area contributed by atoms with E-state index in [4.69, 9.17) is 0 Å². The van der Waals surface area contributed by atoms with Gasteiger partial charge in [-0.1, -0.05) is 24.3 Å². The van der Waals surface area contributed by atoms with E-state index in [9.17, 15) is 5.26 Å². The van der Waals surface area contributed by atoms with Gasteiger partial charge in [0.15, 0.2) is 36.7 Å². The maximum absolute atomic E-state index is 9.20. The third kappa shape index (κ3) is 5.87. The summed E-state index contributed by atoms with van der Waals surface area (Å²) in [5.74, 6) is 0. The fraction of sp³-hybridized carbons (Fsp3) is 0.128. The van der Waals surface area contributed by atoms with E-state index in [-0.39, 0.29) is 19.5 Å². The second-order valence-corrected chi connectivity index (χ2v) is 11.7. The van der Waals surface area contributed by atoms with Gasteiger partial charge in [-0.15, -0.1) is 6.07 Å². The molecule has 8 aromatic rings. The van der Waals surface area contributed by atoms with Gasteiger partial charge in [0.25, 0.3) is 0 Å². The quantitative estimate of drug-likeness (QED) is 0.135. The van der Waals surface area contributed by atoms with Crippen molar-refractivity contribution in [2.24, 2.45) is 14.1 Å². The van der Waals surface area contributed by atoms with Crippen LogP contribution in [0.1, 0.15) is 16.7 Å². The van der Waals surface area contributed by atoms with Crippen molar-refractivity contribution in [1.82, 2.24) is 27.4 Å². The second kappa shape index (κ2) is 13.2. The number of aromatic nitrogens is 6. The van der Waals surface area contributed by atoms with Crippen LogP contribution in [0.5, 0.6) is 0 Å². The predicted octanol–water partition coefficient (Wildman–Crippen LogP) is 8.33. The van der Waals surface area contributed by atoms with Crippen molar-refractivity contribution in [2.75, 3.05) is 0 Å². The largest absolute Gasteiger partial charge is 0.223 e. The number of imidazole rings is 3. The number of fused-ring (bicyclic) bond motifs is 3. The fourth-order valence-electron chi connectivity index (χ4n) is 6.40. The second-order valence-electron chi connectivity index (χ2n) is 11.7. The van der Waals surface area contributed by atoms with E-state index in [2.05, 4.69) is 165 Å². The molecule has 3 aromatic heterocycles. The van der Waals surface area contributed by atoms with Crippen LogP contribution in [-0.2, 0) is 40.2 Å². The molecule has 0 aliphatic carbocycles. The fourth-order valence-corrected chi connectivity index (χ4v) is 6.40. The first-order chi connectivity index (χ1) is 22.4. The Hall–Kier alpha value is -5.38. The summed E-state index contributed by atoms with van der Waals surface area (Å²) >= 11 is 0. The Morgan fingerprint density at radius 3 is 1.64 bits per heavy atom. The van der Waals surface area contributed by atoms with E-state index in [0.717, 1.165) is 23.4 Å². The molecule has 3 heterocycles. The molecular formula is C39H35N7Ru+2. The molecule has 0 radical (unpaired) electrons. The van der Waals surface area contributed by atoms with Gasteiger partial charge in [0.1, 0.15) is 5.69 Å². The molecule has 0 saturated heterocycles. The van der Waals surface area contributed by atoms with Crippen LogP contribution >= 0.6 is 0 Å². The molecule has 5 aromatic carbocycles. The number of nitriles is 1. The van der Waals surface area contributed by atoms with Gasteiger partial charge in [0, 0.05) is 86.8 Å². The van der Waals surface area contributed by atoms with Crippen molar-refractivity contribution in [2.45, 2.75) is 20.5 Å². The molecule has 0 saturated carbocycles. The zero-order chi connectivity index (χ0) is 31.8. The summed E-state index contributed by atoms with van der Waals surface area (Å²) in [7, 11) is 4.18. The molecule has 0 fully saturated rings. The van der Waals surface area contributed by atoms with Gasteiger partial charge in [0.2, 0.25) is 22.1 Å². The minimum absolute atomic E-state index is 0. The molecule has 232 valence electrons. The van der Waals surface area contributed by atoms with Crippen molar-refractivity contribution in [3.8, 4) is 17.4 Å². The van der Waals surface area contributed by atoms with Gasteiger partial charge in [-0.25, -0.2) is 13.7 Å². The number of para-hydroxylation sites is 7. The van der Waals surface area contributed by atoms with E-state index >= 15 is 0 Å². The molecule has 0 amide bonds. The van der Waals surface area contributed by atoms with E-state index in [0.29, 0.717) is 5.56 Å². The van der Waals surface area contributed by atoms with Crippen LogP contribution in [0.2, 0.25) is 0 Å². The molecule has 0 bridgehead atoms. The van der Waals surface area contributed by atoms with Gasteiger partial charge < -0.3 is 0 Å². The molecular weight excluding hydrogens is 668 g/mol. The van der Waals surface area contributed by atoms with Crippen molar-refractivity contribution >= 4 is 33.1 Å². The summed E-state index contributed by atoms with van der Waals surface area (Å²) in [4.78, 5) is 0. The Bertz CT molecular complexity index is 2320. The zero-order valence-corrected chi connectivity index (χ0v) is 28.6. The van der Waals surface area contributed by atoms with Crippen LogP contribution in [0.15, 0.2) is 128 Å². The first-order valence-corrected chi connectivity index (χ1v) is 15.3. The molecule has 7 nitrogen and oxygen atoms in total. The first-order valence-electron chi connectivity index (χ1n) is 15.3. The maximum Gasteiger partial charge on any atom is 0.213 e. The topological polar surface area (TPSA) is 53.4 Å². The predicted molar refractivity (Wildman–Crippen MR) is 186 cm³/mol. The van der Waals surface area contributed by atoms with Crippen LogP contribution in [0, 0.1) is 31.2 Å². The van der Waals surface area contributed by atoms with Crippen LogP contribution in [0.3, 0.4) is 0 Å². The Morgan fingerprint density at radius 1 is 0.617 bits per heavy atom. The molecule has 0 atom stereocenters. The van der Waals surface area contributed by atoms with Crippen LogP contribution in [-0.4, -0.2) is 27.4 Å². The van der Waals surface area contributed by atoms with Gasteiger partial charge in [0.05, 0.1) is 6.07 Å². The normalized spacial score (nSPS) is 10.9. The SMILES string of the molecule is Cc1cccc(C)c1-n1[cH+]n(-c2[c-]ccc(C#N)c2)c2ccccc21.Cn1[cH+]n(Cn2[cH+]n(C)c3ccccc32)c2ccccc21.[Ru]. The standard InChI is InChI=1S/C22H17N3.C17H18N4.Ru/c1-16-7-5-8-17(2)22(16)25-15-24(20-11-3-4-12-21(20)25)19-10-6-9-18(13-19)14-23;1-18-11-20(16-9-5-3-7-14(16)18)13-21-12-19(2)15-8-4-6-10-17(15)21;/h3-9,11-13,15H,1-2H3;3-12H,13H2,1-2H3;/q;+2;. The third-order valence-corrected chi connectivity index (χ3v) is 8.56. The Kier molecular flexibility index (Phi) is 8.85. The molecule has 0 spiro atoms. The first kappa shape index (κ1) is 31.6. The Balaban J connectivity index is 0.000000163. The molecule has 8 heteroatoms. The average Bonchev–Trinajstić information content (AvgIpc) is 3.73. The number of rotatable bonds is 4. The smallest absolute Gasteiger partial charge is 0.213 e. The minimum Gasteiger partial charge on any atom is -0.223 e. The summed E-state index contributed by atoms with van der Waals surface area (Å²) in [6.07, 6.45) is 6.38. The van der Waals surface area contributed by atoms with Gasteiger partial charge >= 0.3 is 0 Å². The van der Waals surface area contributed by atoms with Crippen molar-refractivity contribution in [3.05, 3.63) is 151 Å². The van der Waals surface area contributed by atoms with E-state index in [1.165, 1.54) is 38.9 Å². The molecule has 8 rings (SSSR count). The molecule has 0 N–H and O–H groups in total. The summed E-state index contributed by atoms with van der Waals surface area (Å²) in [5, 5.41) is 9.20. The van der Waals surface area contributed by atoms with Crippen LogP contribution < -0.4 is 0 Å². The summed E-state index contributed by atoms with van der Waals surface area (Å²) in [5.41, 5.74) is 12.3. The Morgan fingerprint density at radius 2 is 1.11 bits per heavy atom. The van der Waals surface area contributed by atoms with Crippen molar-refractivity contribution < 1.29 is 19.5 Å². The van der Waals surface area contributed by atoms with E-state index in [1.54, 1.807) is 12.1 Å². The number of benzene rings is 5. The van der Waals surface area contributed by atoms with Gasteiger partial charge in [-0.3, -0.25) is 0 Å². The summed E-state index contributed by atoms with van der Waals surface area (Å²) in [6.45, 7) is 5.07. The van der Waals surface area contributed by atoms with Crippen molar-refractivity contribution in [1.29, 1.82) is 5.26 Å². The number of hydrogen-bond acceptors (Lipinski definition) is 1.